The number of anilines is 2. The number of hydrogen-bond donors (Lipinski definition) is 2. The summed E-state index contributed by atoms with van der Waals surface area (Å²) in [5, 5.41) is 1.87. The van der Waals surface area contributed by atoms with Gasteiger partial charge >= 0.3 is 0 Å². The van der Waals surface area contributed by atoms with Crippen LogP contribution in [0.15, 0.2) is 43.5 Å². The number of benzene rings is 1. The lowest BCUT2D eigenvalue weighted by Gasteiger charge is -2.07. The van der Waals surface area contributed by atoms with Gasteiger partial charge in [0.1, 0.15) is 5.82 Å². The van der Waals surface area contributed by atoms with Crippen molar-refractivity contribution < 1.29 is 0 Å². The molecule has 0 amide bonds. The number of fused-ring (bicyclic) bond motifs is 3. The summed E-state index contributed by atoms with van der Waals surface area (Å²) in [4.78, 5) is 8.33. The molecule has 0 saturated carbocycles. The number of nitrogens with zero attached hydrogens (tertiary/aromatic N) is 3. The summed E-state index contributed by atoms with van der Waals surface area (Å²) in [7, 11) is 0. The molecule has 106 valence electrons. The molecule has 0 radical (unpaired) electrons. The zero-order chi connectivity index (χ0) is 15.0. The number of allylic oxidation sites excluding steroid dienone is 2. The van der Waals surface area contributed by atoms with Crippen molar-refractivity contribution in [3.8, 4) is 0 Å². The minimum Gasteiger partial charge on any atom is -0.383 e. The fraction of sp³-hybridized carbons (Fsp3) is 0.125. The van der Waals surface area contributed by atoms with E-state index in [1.807, 2.05) is 24.3 Å². The first-order valence-electron chi connectivity index (χ1n) is 6.71. The summed E-state index contributed by atoms with van der Waals surface area (Å²) < 4.78 is 2.19. The molecule has 0 aliphatic heterocycles. The number of aromatic nitrogens is 3. The van der Waals surface area contributed by atoms with E-state index >= 15 is 0 Å². The van der Waals surface area contributed by atoms with E-state index in [1.54, 1.807) is 0 Å². The van der Waals surface area contributed by atoms with E-state index in [1.165, 1.54) is 0 Å². The summed E-state index contributed by atoms with van der Waals surface area (Å²) in [6.07, 6.45) is 4.53. The van der Waals surface area contributed by atoms with Crippen LogP contribution in [0, 0.1) is 0 Å². The van der Waals surface area contributed by atoms with Gasteiger partial charge in [0.2, 0.25) is 5.95 Å². The Hall–Kier alpha value is -2.82. The van der Waals surface area contributed by atoms with Gasteiger partial charge in [0.05, 0.1) is 10.9 Å². The van der Waals surface area contributed by atoms with Crippen LogP contribution in [0.25, 0.3) is 21.8 Å². The number of rotatable bonds is 4. The Morgan fingerprint density at radius 1 is 1.14 bits per heavy atom. The number of nitrogen functional groups attached to an aromatic ring is 2. The van der Waals surface area contributed by atoms with Gasteiger partial charge in [-0.3, -0.25) is 0 Å². The molecule has 3 aromatic rings. The zero-order valence-electron chi connectivity index (χ0n) is 11.7. The minimum atomic E-state index is 0.191. The predicted octanol–water partition coefficient (Wildman–Crippen LogP) is 2.66. The highest BCUT2D eigenvalue weighted by atomic mass is 15.0. The lowest BCUT2D eigenvalue weighted by Crippen LogP contribution is -2.01. The maximum atomic E-state index is 6.05. The molecule has 0 atom stereocenters. The first kappa shape index (κ1) is 13.2. The van der Waals surface area contributed by atoms with Crippen molar-refractivity contribution in [3.05, 3.63) is 49.2 Å². The van der Waals surface area contributed by atoms with E-state index in [4.69, 9.17) is 11.5 Å². The van der Waals surface area contributed by atoms with Gasteiger partial charge in [0.25, 0.3) is 0 Å². The molecule has 1 aromatic carbocycles. The molecule has 4 N–H and O–H groups in total. The van der Waals surface area contributed by atoms with Crippen LogP contribution in [0.1, 0.15) is 5.69 Å². The van der Waals surface area contributed by atoms with Crippen molar-refractivity contribution in [1.29, 1.82) is 0 Å². The lowest BCUT2D eigenvalue weighted by atomic mass is 10.1. The van der Waals surface area contributed by atoms with Crippen molar-refractivity contribution >= 4 is 33.6 Å². The minimum absolute atomic E-state index is 0.191. The zero-order valence-corrected chi connectivity index (χ0v) is 11.7. The molecule has 0 aliphatic carbocycles. The van der Waals surface area contributed by atoms with E-state index < -0.39 is 0 Å². The van der Waals surface area contributed by atoms with E-state index in [2.05, 4.69) is 33.8 Å². The van der Waals surface area contributed by atoms with Gasteiger partial charge in [0, 0.05) is 29.6 Å². The van der Waals surface area contributed by atoms with E-state index in [0.29, 0.717) is 5.82 Å². The summed E-state index contributed by atoms with van der Waals surface area (Å²) in [6, 6.07) is 6.06. The molecule has 2 heterocycles. The van der Waals surface area contributed by atoms with E-state index in [-0.39, 0.29) is 5.95 Å². The van der Waals surface area contributed by atoms with Crippen LogP contribution < -0.4 is 11.5 Å². The molecule has 5 nitrogen and oxygen atoms in total. The van der Waals surface area contributed by atoms with Gasteiger partial charge < -0.3 is 16.0 Å². The molecule has 21 heavy (non-hydrogen) atoms. The highest BCUT2D eigenvalue weighted by Gasteiger charge is 2.13. The van der Waals surface area contributed by atoms with Crippen LogP contribution >= 0.6 is 0 Å². The van der Waals surface area contributed by atoms with Crippen molar-refractivity contribution in [2.24, 2.45) is 0 Å². The Kier molecular flexibility index (Phi) is 3.10. The van der Waals surface area contributed by atoms with Crippen LogP contribution in [-0.4, -0.2) is 14.5 Å². The van der Waals surface area contributed by atoms with Gasteiger partial charge in [-0.15, -0.1) is 13.2 Å². The molecule has 0 unspecified atom stereocenters. The topological polar surface area (TPSA) is 82.8 Å². The SMILES string of the molecule is C=CCc1cc2c3c(N)nc(N)nc3ccc2n1CC=C. The molecule has 0 fully saturated rings. The Bertz CT molecular complexity index is 860. The third-order valence-corrected chi connectivity index (χ3v) is 3.54. The average molecular weight is 279 g/mol. The maximum Gasteiger partial charge on any atom is 0.222 e. The highest BCUT2D eigenvalue weighted by molar-refractivity contribution is 6.10. The average Bonchev–Trinajstić information content (AvgIpc) is 2.77. The Balaban J connectivity index is 2.42. The van der Waals surface area contributed by atoms with Crippen molar-refractivity contribution in [3.63, 3.8) is 0 Å². The monoisotopic (exact) mass is 279 g/mol. The van der Waals surface area contributed by atoms with Gasteiger partial charge in [0.15, 0.2) is 0 Å². The smallest absolute Gasteiger partial charge is 0.222 e. The van der Waals surface area contributed by atoms with Crippen LogP contribution in [0.5, 0.6) is 0 Å². The van der Waals surface area contributed by atoms with Gasteiger partial charge in [-0.2, -0.15) is 4.98 Å². The van der Waals surface area contributed by atoms with Crippen LogP contribution in [-0.2, 0) is 13.0 Å². The van der Waals surface area contributed by atoms with Gasteiger partial charge in [-0.05, 0) is 18.2 Å². The fourth-order valence-corrected chi connectivity index (χ4v) is 2.73. The fourth-order valence-electron chi connectivity index (χ4n) is 2.73. The molecule has 3 rings (SSSR count). The number of hydrogen-bond acceptors (Lipinski definition) is 4. The van der Waals surface area contributed by atoms with Gasteiger partial charge in [-0.1, -0.05) is 12.2 Å². The summed E-state index contributed by atoms with van der Waals surface area (Å²) >= 11 is 0. The predicted molar refractivity (Wildman–Crippen MR) is 88.0 cm³/mol. The molecular weight excluding hydrogens is 262 g/mol. The molecule has 0 saturated heterocycles. The quantitative estimate of drug-likeness (QED) is 0.719. The first-order chi connectivity index (χ1) is 10.2. The molecule has 0 bridgehead atoms. The first-order valence-corrected chi connectivity index (χ1v) is 6.71. The largest absolute Gasteiger partial charge is 0.383 e. The second-order valence-corrected chi connectivity index (χ2v) is 4.89. The van der Waals surface area contributed by atoms with Crippen molar-refractivity contribution in [2.75, 3.05) is 11.5 Å². The maximum absolute atomic E-state index is 6.05. The highest BCUT2D eigenvalue weighted by Crippen LogP contribution is 2.31. The van der Waals surface area contributed by atoms with Crippen LogP contribution in [0.3, 0.4) is 0 Å². The summed E-state index contributed by atoms with van der Waals surface area (Å²) in [5.74, 6) is 0.597. The third-order valence-electron chi connectivity index (χ3n) is 3.54. The van der Waals surface area contributed by atoms with Crippen LogP contribution in [0.2, 0.25) is 0 Å². The molecule has 0 spiro atoms. The molecular formula is C16H17N5. The summed E-state index contributed by atoms with van der Waals surface area (Å²) in [5.41, 5.74) is 14.7. The lowest BCUT2D eigenvalue weighted by molar-refractivity contribution is 0.811. The van der Waals surface area contributed by atoms with Crippen molar-refractivity contribution in [1.82, 2.24) is 14.5 Å². The van der Waals surface area contributed by atoms with Crippen molar-refractivity contribution in [2.45, 2.75) is 13.0 Å². The second-order valence-electron chi connectivity index (χ2n) is 4.89. The molecule has 5 heteroatoms. The standard InChI is InChI=1S/C16H17N5/c1-3-5-10-9-11-13(21(10)8-4-2)7-6-12-14(11)15(17)20-16(18)19-12/h3-4,6-7,9H,1-2,5,8H2,(H4,17,18,19,20). The summed E-state index contributed by atoms with van der Waals surface area (Å²) in [6.45, 7) is 8.37. The molecule has 0 aliphatic rings. The molecule has 2 aromatic heterocycles. The van der Waals surface area contributed by atoms with Gasteiger partial charge in [-0.25, -0.2) is 4.98 Å². The van der Waals surface area contributed by atoms with E-state index in [9.17, 15) is 0 Å². The Morgan fingerprint density at radius 2 is 1.95 bits per heavy atom. The van der Waals surface area contributed by atoms with E-state index in [0.717, 1.165) is 40.5 Å². The normalized spacial score (nSPS) is 11.0. The third kappa shape index (κ3) is 2.03. The second kappa shape index (κ2) is 4.94. The Labute approximate surface area is 122 Å². The van der Waals surface area contributed by atoms with Crippen LogP contribution in [0.4, 0.5) is 11.8 Å². The Morgan fingerprint density at radius 3 is 2.67 bits per heavy atom. The number of nitrogens with two attached hydrogens (primary N) is 2.